The smallest absolute Gasteiger partial charge is 0.272 e. The molecule has 2 amide bonds. The van der Waals surface area contributed by atoms with Gasteiger partial charge in [-0.25, -0.2) is 4.98 Å². The molecule has 0 bridgehead atoms. The van der Waals surface area contributed by atoms with E-state index in [1.807, 2.05) is 37.3 Å². The number of hydrazone groups is 1. The number of carbonyl (C=O) groups is 2. The zero-order valence-corrected chi connectivity index (χ0v) is 18.2. The van der Waals surface area contributed by atoms with E-state index in [1.165, 1.54) is 11.2 Å². The van der Waals surface area contributed by atoms with Crippen molar-refractivity contribution in [2.45, 2.75) is 19.4 Å². The van der Waals surface area contributed by atoms with Crippen LogP contribution in [0.3, 0.4) is 0 Å². The van der Waals surface area contributed by atoms with Crippen molar-refractivity contribution in [1.29, 1.82) is 0 Å². The van der Waals surface area contributed by atoms with Crippen molar-refractivity contribution < 1.29 is 19.1 Å². The zero-order valence-electron chi connectivity index (χ0n) is 18.2. The molecule has 9 nitrogen and oxygen atoms in total. The van der Waals surface area contributed by atoms with E-state index in [9.17, 15) is 9.59 Å². The number of carbonyl (C=O) groups excluding carboxylic acids is 2. The number of pyridine rings is 1. The molecule has 168 valence electrons. The largest absolute Gasteiger partial charge is 0.493 e. The summed E-state index contributed by atoms with van der Waals surface area (Å²) in [4.78, 5) is 28.9. The summed E-state index contributed by atoms with van der Waals surface area (Å²) in [5.74, 6) is 0.486. The molecule has 2 heterocycles. The summed E-state index contributed by atoms with van der Waals surface area (Å²) in [6.07, 6.45) is 1.59. The van der Waals surface area contributed by atoms with E-state index in [0.717, 1.165) is 5.56 Å². The Morgan fingerprint density at radius 2 is 1.88 bits per heavy atom. The minimum atomic E-state index is -0.730. The molecule has 1 aliphatic rings. The van der Waals surface area contributed by atoms with Gasteiger partial charge in [0.25, 0.3) is 5.91 Å². The second kappa shape index (κ2) is 9.39. The normalized spacial score (nSPS) is 15.0. The van der Waals surface area contributed by atoms with Crippen LogP contribution in [0.1, 0.15) is 12.0 Å². The van der Waals surface area contributed by atoms with Gasteiger partial charge in [-0.3, -0.25) is 14.6 Å². The van der Waals surface area contributed by atoms with E-state index in [0.29, 0.717) is 28.8 Å². The minimum absolute atomic E-state index is 0.109. The lowest BCUT2D eigenvalue weighted by Crippen LogP contribution is -2.39. The molecular formula is C24H23N5O4. The third-order valence-corrected chi connectivity index (χ3v) is 5.05. The number of nitrogens with two attached hydrogens (primary N) is 1. The highest BCUT2D eigenvalue weighted by atomic mass is 16.5. The van der Waals surface area contributed by atoms with Gasteiger partial charge in [0.2, 0.25) is 11.8 Å². The van der Waals surface area contributed by atoms with Gasteiger partial charge in [0.1, 0.15) is 11.8 Å². The average molecular weight is 445 g/mol. The van der Waals surface area contributed by atoms with Crippen molar-refractivity contribution in [3.8, 4) is 17.4 Å². The Bertz CT molecular complexity index is 1200. The lowest BCUT2D eigenvalue weighted by molar-refractivity contribution is -0.119. The number of nitrogens with zero attached hydrogens (tertiary/aromatic N) is 3. The summed E-state index contributed by atoms with van der Waals surface area (Å²) in [6.45, 7) is 1.96. The van der Waals surface area contributed by atoms with Gasteiger partial charge in [0.15, 0.2) is 11.5 Å². The molecule has 3 N–H and O–H groups in total. The first kappa shape index (κ1) is 21.8. The van der Waals surface area contributed by atoms with E-state index >= 15 is 0 Å². The molecule has 9 heteroatoms. The van der Waals surface area contributed by atoms with Crippen LogP contribution in [-0.4, -0.2) is 35.7 Å². The first-order valence-corrected chi connectivity index (χ1v) is 10.3. The molecule has 2 aromatic carbocycles. The molecule has 1 aliphatic heterocycles. The molecule has 0 saturated heterocycles. The number of anilines is 2. The lowest BCUT2D eigenvalue weighted by Gasteiger charge is -2.20. The summed E-state index contributed by atoms with van der Waals surface area (Å²) >= 11 is 0. The highest BCUT2D eigenvalue weighted by Crippen LogP contribution is 2.31. The van der Waals surface area contributed by atoms with Gasteiger partial charge in [0, 0.05) is 12.5 Å². The van der Waals surface area contributed by atoms with Gasteiger partial charge in [-0.2, -0.15) is 5.10 Å². The van der Waals surface area contributed by atoms with Crippen LogP contribution in [-0.2, 0) is 9.59 Å². The molecule has 4 rings (SSSR count). The number of amides is 2. The molecule has 3 aromatic rings. The van der Waals surface area contributed by atoms with Crippen LogP contribution >= 0.6 is 0 Å². The summed E-state index contributed by atoms with van der Waals surface area (Å²) in [5, 5.41) is 8.55. The number of ether oxygens (including phenoxy) is 2. The van der Waals surface area contributed by atoms with Crippen molar-refractivity contribution >= 4 is 28.9 Å². The Balaban J connectivity index is 1.45. The molecule has 0 radical (unpaired) electrons. The van der Waals surface area contributed by atoms with E-state index in [1.54, 1.807) is 37.4 Å². The maximum absolute atomic E-state index is 12.8. The summed E-state index contributed by atoms with van der Waals surface area (Å²) in [7, 11) is 1.57. The number of aryl methyl sites for hydroxylation is 1. The predicted molar refractivity (Wildman–Crippen MR) is 125 cm³/mol. The van der Waals surface area contributed by atoms with Crippen LogP contribution in [0.5, 0.6) is 17.4 Å². The zero-order chi connectivity index (χ0) is 23.4. The Morgan fingerprint density at radius 3 is 2.55 bits per heavy atom. The quantitative estimate of drug-likeness (QED) is 0.576. The number of nitrogens with one attached hydrogen (secondary N) is 1. The van der Waals surface area contributed by atoms with E-state index in [4.69, 9.17) is 15.2 Å². The number of methoxy groups -OCH3 is 1. The van der Waals surface area contributed by atoms with Gasteiger partial charge >= 0.3 is 0 Å². The second-order valence-corrected chi connectivity index (χ2v) is 7.44. The third-order valence-electron chi connectivity index (χ3n) is 5.05. The average Bonchev–Trinajstić information content (AvgIpc) is 3.28. The Kier molecular flexibility index (Phi) is 6.21. The molecule has 1 aromatic heterocycles. The standard InChI is InChI=1S/C24H23N5O4/c1-15-8-10-20(21(12-15)32-2)33-22-11-9-16(14-26-22)27-24(31)18-13-19(23(25)30)29(28-18)17-6-4-3-5-7-17/h3-12,14,19H,13H2,1-2H3,(H2,25,30)(H,27,31). The SMILES string of the molecule is COc1cc(C)ccc1Oc1ccc(NC(=O)C2=NN(c3ccccc3)C(C(N)=O)C2)cn1. The van der Waals surface area contributed by atoms with Gasteiger partial charge in [0.05, 0.1) is 24.7 Å². The number of rotatable bonds is 7. The fraction of sp³-hybridized carbons (Fsp3) is 0.167. The fourth-order valence-corrected chi connectivity index (χ4v) is 3.38. The molecular weight excluding hydrogens is 422 g/mol. The molecule has 1 unspecified atom stereocenters. The number of benzene rings is 2. The summed E-state index contributed by atoms with van der Waals surface area (Å²) in [5.41, 5.74) is 7.92. The lowest BCUT2D eigenvalue weighted by atomic mass is 10.1. The molecule has 0 aliphatic carbocycles. The van der Waals surface area contributed by atoms with E-state index < -0.39 is 17.9 Å². The van der Waals surface area contributed by atoms with Crippen LogP contribution in [0.2, 0.25) is 0 Å². The van der Waals surface area contributed by atoms with Crippen molar-refractivity contribution in [1.82, 2.24) is 4.98 Å². The number of hydrogen-bond acceptors (Lipinski definition) is 7. The van der Waals surface area contributed by atoms with Crippen molar-refractivity contribution in [2.75, 3.05) is 17.4 Å². The monoisotopic (exact) mass is 445 g/mol. The minimum Gasteiger partial charge on any atom is -0.493 e. The van der Waals surface area contributed by atoms with Crippen LogP contribution in [0.4, 0.5) is 11.4 Å². The fourth-order valence-electron chi connectivity index (χ4n) is 3.38. The van der Waals surface area contributed by atoms with E-state index in [2.05, 4.69) is 15.4 Å². The van der Waals surface area contributed by atoms with Crippen molar-refractivity contribution in [3.63, 3.8) is 0 Å². The number of aromatic nitrogens is 1. The predicted octanol–water partition coefficient (Wildman–Crippen LogP) is 3.25. The first-order valence-electron chi connectivity index (χ1n) is 10.3. The topological polar surface area (TPSA) is 119 Å². The molecule has 0 saturated carbocycles. The summed E-state index contributed by atoms with van der Waals surface area (Å²) in [6, 6.07) is 17.2. The second-order valence-electron chi connectivity index (χ2n) is 7.44. The maximum atomic E-state index is 12.8. The first-order chi connectivity index (χ1) is 15.9. The number of hydrogen-bond donors (Lipinski definition) is 2. The highest BCUT2D eigenvalue weighted by Gasteiger charge is 2.35. The maximum Gasteiger partial charge on any atom is 0.272 e. The van der Waals surface area contributed by atoms with Crippen molar-refractivity contribution in [3.05, 3.63) is 72.4 Å². The molecule has 0 fully saturated rings. The number of primary amides is 1. The Hall–Kier alpha value is -4.40. The van der Waals surface area contributed by atoms with Gasteiger partial charge in [-0.15, -0.1) is 0 Å². The Labute approximate surface area is 190 Å². The highest BCUT2D eigenvalue weighted by molar-refractivity contribution is 6.44. The Morgan fingerprint density at radius 1 is 1.09 bits per heavy atom. The molecule has 33 heavy (non-hydrogen) atoms. The van der Waals surface area contributed by atoms with Crippen molar-refractivity contribution in [2.24, 2.45) is 10.8 Å². The number of para-hydroxylation sites is 1. The molecule has 0 spiro atoms. The van der Waals surface area contributed by atoms with Crippen LogP contribution < -0.4 is 25.5 Å². The molecule has 1 atom stereocenters. The van der Waals surface area contributed by atoms with Crippen LogP contribution in [0.25, 0.3) is 0 Å². The van der Waals surface area contributed by atoms with Gasteiger partial charge in [-0.05, 0) is 42.8 Å². The third kappa shape index (κ3) is 4.93. The van der Waals surface area contributed by atoms with Crippen LogP contribution in [0.15, 0.2) is 72.0 Å². The van der Waals surface area contributed by atoms with Gasteiger partial charge < -0.3 is 20.5 Å². The van der Waals surface area contributed by atoms with E-state index in [-0.39, 0.29) is 12.1 Å². The summed E-state index contributed by atoms with van der Waals surface area (Å²) < 4.78 is 11.1. The van der Waals surface area contributed by atoms with Gasteiger partial charge in [-0.1, -0.05) is 24.3 Å². The van der Waals surface area contributed by atoms with Crippen LogP contribution in [0, 0.1) is 6.92 Å².